The molecule has 7 rings (SSSR count). The number of allylic oxidation sites excluding steroid dienone is 1. The molecule has 2 atom stereocenters. The number of carbonyl (C=O) groups is 3. The van der Waals surface area contributed by atoms with Crippen LogP contribution >= 0.6 is 0 Å². The lowest BCUT2D eigenvalue weighted by atomic mass is 9.70. The second-order valence-corrected chi connectivity index (χ2v) is 12.1. The molecule has 0 bridgehead atoms. The Morgan fingerprint density at radius 3 is 2.57 bits per heavy atom. The number of rotatable bonds is 4. The van der Waals surface area contributed by atoms with Crippen molar-refractivity contribution in [2.75, 3.05) is 31.6 Å². The van der Waals surface area contributed by atoms with Gasteiger partial charge in [-0.1, -0.05) is 18.2 Å². The Morgan fingerprint density at radius 1 is 1.02 bits per heavy atom. The molecule has 2 fully saturated rings. The van der Waals surface area contributed by atoms with Crippen molar-refractivity contribution in [1.82, 2.24) is 15.5 Å². The third-order valence-electron chi connectivity index (χ3n) is 9.63. The predicted octanol–water partition coefficient (Wildman–Crippen LogP) is 3.65. The van der Waals surface area contributed by atoms with Crippen LogP contribution in [0.4, 0.5) is 14.5 Å². The van der Waals surface area contributed by atoms with Crippen LogP contribution in [0.15, 0.2) is 59.9 Å². The first-order valence-corrected chi connectivity index (χ1v) is 14.5. The standard InChI is InChI=1S/C32H32F2N4O4/c33-22-12-20(13-23(34)15-22)26-5-6-31(7-10-42-11-8-31)30(41)38(26)18-27(39)36-24-4-3-19-16-32(17-21(19)14-24)25-2-1-9-35-28(25)37-29(32)40/h1-4,12-15,26,35H,5-11,16-18H2,(H,36,39)(H,37,40). The molecule has 1 aliphatic carbocycles. The lowest BCUT2D eigenvalue weighted by Crippen LogP contribution is -2.54. The van der Waals surface area contributed by atoms with Crippen molar-refractivity contribution in [2.45, 2.75) is 44.6 Å². The number of nitrogens with zero attached hydrogens (tertiary/aromatic N) is 1. The van der Waals surface area contributed by atoms with Crippen LogP contribution in [0.25, 0.3) is 0 Å². The molecule has 4 heterocycles. The van der Waals surface area contributed by atoms with Crippen LogP contribution < -0.4 is 16.0 Å². The van der Waals surface area contributed by atoms with Crippen LogP contribution in [0.3, 0.4) is 0 Å². The summed E-state index contributed by atoms with van der Waals surface area (Å²) in [4.78, 5) is 41.9. The zero-order chi connectivity index (χ0) is 29.1. The second kappa shape index (κ2) is 10.0. The van der Waals surface area contributed by atoms with Gasteiger partial charge < -0.3 is 25.6 Å². The van der Waals surface area contributed by atoms with E-state index < -0.39 is 34.4 Å². The van der Waals surface area contributed by atoms with Gasteiger partial charge in [0, 0.05) is 37.1 Å². The van der Waals surface area contributed by atoms with Crippen LogP contribution in [0, 0.1) is 22.5 Å². The fourth-order valence-corrected chi connectivity index (χ4v) is 7.49. The summed E-state index contributed by atoms with van der Waals surface area (Å²) in [7, 11) is 0. The van der Waals surface area contributed by atoms with E-state index in [-0.39, 0.29) is 18.4 Å². The molecule has 8 nitrogen and oxygen atoms in total. The van der Waals surface area contributed by atoms with Crippen molar-refractivity contribution in [3.05, 3.63) is 88.3 Å². The van der Waals surface area contributed by atoms with Gasteiger partial charge in [0.05, 0.1) is 16.9 Å². The zero-order valence-corrected chi connectivity index (χ0v) is 23.1. The summed E-state index contributed by atoms with van der Waals surface area (Å²) in [6.45, 7) is 1.34. The quantitative estimate of drug-likeness (QED) is 0.518. The summed E-state index contributed by atoms with van der Waals surface area (Å²) in [5.41, 5.74) is 2.60. The number of likely N-dealkylation sites (tertiary alicyclic amines) is 1. The fourth-order valence-electron chi connectivity index (χ4n) is 7.49. The molecule has 0 radical (unpaired) electrons. The molecule has 2 aromatic carbocycles. The van der Waals surface area contributed by atoms with Crippen molar-refractivity contribution >= 4 is 23.4 Å². The van der Waals surface area contributed by atoms with Crippen LogP contribution in [-0.4, -0.2) is 48.9 Å². The van der Waals surface area contributed by atoms with E-state index in [0.29, 0.717) is 69.5 Å². The molecule has 0 aromatic heterocycles. The summed E-state index contributed by atoms with van der Waals surface area (Å²) in [5, 5.41) is 9.15. The molecule has 2 unspecified atom stereocenters. The number of hydrogen-bond donors (Lipinski definition) is 3. The Bertz CT molecular complexity index is 1540. The van der Waals surface area contributed by atoms with E-state index >= 15 is 0 Å². The Balaban J connectivity index is 1.12. The molecule has 3 amide bonds. The summed E-state index contributed by atoms with van der Waals surface area (Å²) in [6, 6.07) is 8.30. The molecular weight excluding hydrogens is 542 g/mol. The first-order chi connectivity index (χ1) is 20.3. The first kappa shape index (κ1) is 26.8. The number of fused-ring (bicyclic) bond motifs is 2. The number of dihydropyridines is 1. The highest BCUT2D eigenvalue weighted by Gasteiger charge is 2.52. The van der Waals surface area contributed by atoms with Crippen molar-refractivity contribution in [3.8, 4) is 0 Å². The minimum absolute atomic E-state index is 0.0289. The van der Waals surface area contributed by atoms with Gasteiger partial charge in [-0.25, -0.2) is 8.78 Å². The number of carbonyl (C=O) groups excluding carboxylic acids is 3. The molecular formula is C32H32F2N4O4. The normalized spacial score (nSPS) is 25.9. The van der Waals surface area contributed by atoms with Gasteiger partial charge in [-0.05, 0) is 79.5 Å². The van der Waals surface area contributed by atoms with Crippen molar-refractivity contribution in [2.24, 2.45) is 10.8 Å². The van der Waals surface area contributed by atoms with Gasteiger partial charge >= 0.3 is 0 Å². The van der Waals surface area contributed by atoms with Crippen molar-refractivity contribution in [3.63, 3.8) is 0 Å². The molecule has 42 heavy (non-hydrogen) atoms. The number of piperidine rings is 1. The molecule has 3 N–H and O–H groups in total. The van der Waals surface area contributed by atoms with Crippen LogP contribution in [0.5, 0.6) is 0 Å². The van der Waals surface area contributed by atoms with Gasteiger partial charge in [-0.2, -0.15) is 0 Å². The van der Waals surface area contributed by atoms with Crippen LogP contribution in [0.1, 0.15) is 48.4 Å². The van der Waals surface area contributed by atoms with Gasteiger partial charge in [0.2, 0.25) is 17.7 Å². The summed E-state index contributed by atoms with van der Waals surface area (Å²) >= 11 is 0. The Kier molecular flexibility index (Phi) is 6.42. The largest absolute Gasteiger partial charge is 0.381 e. The smallest absolute Gasteiger partial charge is 0.244 e. The number of nitrogens with one attached hydrogen (secondary N) is 3. The monoisotopic (exact) mass is 574 g/mol. The molecule has 5 aliphatic rings. The molecule has 4 aliphatic heterocycles. The maximum atomic E-state index is 14.2. The zero-order valence-electron chi connectivity index (χ0n) is 23.1. The maximum absolute atomic E-state index is 14.2. The minimum Gasteiger partial charge on any atom is -0.381 e. The Morgan fingerprint density at radius 2 is 1.79 bits per heavy atom. The van der Waals surface area contributed by atoms with Gasteiger partial charge in [0.1, 0.15) is 24.0 Å². The summed E-state index contributed by atoms with van der Waals surface area (Å²) < 4.78 is 33.8. The van der Waals surface area contributed by atoms with E-state index in [4.69, 9.17) is 4.74 Å². The number of amides is 3. The fraction of sp³-hybridized carbons (Fsp3) is 0.406. The number of ether oxygens (including phenoxy) is 1. The van der Waals surface area contributed by atoms with Crippen molar-refractivity contribution in [1.29, 1.82) is 0 Å². The third-order valence-corrected chi connectivity index (χ3v) is 9.63. The van der Waals surface area contributed by atoms with Crippen molar-refractivity contribution < 1.29 is 27.9 Å². The van der Waals surface area contributed by atoms with Crippen LogP contribution in [0.2, 0.25) is 0 Å². The first-order valence-electron chi connectivity index (χ1n) is 14.5. The van der Waals surface area contributed by atoms with Crippen LogP contribution in [-0.2, 0) is 32.0 Å². The summed E-state index contributed by atoms with van der Waals surface area (Å²) in [6.07, 6.45) is 7.28. The lowest BCUT2D eigenvalue weighted by Gasteiger charge is -2.47. The number of anilines is 1. The molecule has 218 valence electrons. The SMILES string of the molecule is O=C(CN1C(=O)C2(CCOCC2)CCC1c1cc(F)cc(F)c1)Nc1ccc2c(c1)CC1(C2)C(=O)NC2=C1C=CCN2. The molecule has 10 heteroatoms. The average Bonchev–Trinajstić information content (AvgIpc) is 3.48. The molecule has 2 aromatic rings. The topological polar surface area (TPSA) is 99.8 Å². The van der Waals surface area contributed by atoms with E-state index in [1.807, 2.05) is 30.4 Å². The Labute approximate surface area is 242 Å². The predicted molar refractivity (Wildman–Crippen MR) is 150 cm³/mol. The van der Waals surface area contributed by atoms with E-state index in [2.05, 4.69) is 16.0 Å². The number of hydrogen-bond acceptors (Lipinski definition) is 5. The van der Waals surface area contributed by atoms with Gasteiger partial charge in [0.25, 0.3) is 0 Å². The third kappa shape index (κ3) is 4.40. The molecule has 0 saturated carbocycles. The second-order valence-electron chi connectivity index (χ2n) is 12.1. The number of benzene rings is 2. The summed E-state index contributed by atoms with van der Waals surface area (Å²) in [5.74, 6) is -1.28. The molecule has 2 saturated heterocycles. The Hall–Kier alpha value is -4.05. The van der Waals surface area contributed by atoms with E-state index in [0.717, 1.165) is 28.6 Å². The lowest BCUT2D eigenvalue weighted by molar-refractivity contribution is -0.159. The maximum Gasteiger partial charge on any atom is 0.244 e. The average molecular weight is 575 g/mol. The van der Waals surface area contributed by atoms with Gasteiger partial charge in [0.15, 0.2) is 0 Å². The number of halogens is 2. The molecule has 2 spiro atoms. The highest BCUT2D eigenvalue weighted by molar-refractivity contribution is 5.97. The van der Waals surface area contributed by atoms with E-state index in [9.17, 15) is 23.2 Å². The minimum atomic E-state index is -0.720. The van der Waals surface area contributed by atoms with Gasteiger partial charge in [-0.3, -0.25) is 14.4 Å². The highest BCUT2D eigenvalue weighted by Crippen LogP contribution is 2.48. The van der Waals surface area contributed by atoms with E-state index in [1.54, 1.807) is 0 Å². The van der Waals surface area contributed by atoms with E-state index in [1.165, 1.54) is 17.0 Å². The highest BCUT2D eigenvalue weighted by atomic mass is 19.1. The van der Waals surface area contributed by atoms with Gasteiger partial charge in [-0.15, -0.1) is 0 Å².